The number of rotatable bonds is 7. The molecule has 1 saturated carbocycles. The van der Waals surface area contributed by atoms with Crippen LogP contribution >= 0.6 is 0 Å². The normalized spacial score (nSPS) is 21.1. The first-order chi connectivity index (χ1) is 17.9. The lowest BCUT2D eigenvalue weighted by molar-refractivity contribution is -0.122. The highest BCUT2D eigenvalue weighted by Gasteiger charge is 2.26. The van der Waals surface area contributed by atoms with E-state index in [4.69, 9.17) is 9.47 Å². The minimum absolute atomic E-state index is 0.107. The molecule has 0 spiro atoms. The fourth-order valence-electron chi connectivity index (χ4n) is 5.63. The highest BCUT2D eigenvalue weighted by molar-refractivity contribution is 5.76. The number of nitrogens with zero attached hydrogens (tertiary/aromatic N) is 2. The molecule has 3 aromatic rings. The van der Waals surface area contributed by atoms with E-state index >= 15 is 0 Å². The van der Waals surface area contributed by atoms with Crippen molar-refractivity contribution in [3.63, 3.8) is 0 Å². The van der Waals surface area contributed by atoms with Gasteiger partial charge in [-0.3, -0.25) is 9.48 Å². The molecule has 196 valence electrons. The Morgan fingerprint density at radius 3 is 2.65 bits per heavy atom. The van der Waals surface area contributed by atoms with Gasteiger partial charge in [-0.15, -0.1) is 0 Å². The molecular formula is C30H36FN3O3. The second-order valence-corrected chi connectivity index (χ2v) is 10.4. The zero-order chi connectivity index (χ0) is 25.9. The van der Waals surface area contributed by atoms with E-state index in [1.807, 2.05) is 43.8 Å². The van der Waals surface area contributed by atoms with Gasteiger partial charge < -0.3 is 14.8 Å². The van der Waals surface area contributed by atoms with Crippen molar-refractivity contribution < 1.29 is 18.7 Å². The van der Waals surface area contributed by atoms with Gasteiger partial charge in [-0.1, -0.05) is 18.2 Å². The van der Waals surface area contributed by atoms with Crippen LogP contribution < -0.4 is 14.8 Å². The topological polar surface area (TPSA) is 65.4 Å². The van der Waals surface area contributed by atoms with Crippen molar-refractivity contribution in [1.82, 2.24) is 15.1 Å². The van der Waals surface area contributed by atoms with Crippen molar-refractivity contribution in [3.05, 3.63) is 76.4 Å². The Morgan fingerprint density at radius 2 is 1.92 bits per heavy atom. The Labute approximate surface area is 218 Å². The van der Waals surface area contributed by atoms with E-state index in [1.165, 1.54) is 11.6 Å². The SMILES string of the molecule is Cc1nn(C)c(C)c1CCC(=O)NC1CCC(Oc2ccc3c(c2)CCC(c2ccccc2F)O3)CC1. The molecule has 1 N–H and O–H groups in total. The third kappa shape index (κ3) is 5.81. The summed E-state index contributed by atoms with van der Waals surface area (Å²) in [6.07, 6.45) is 6.30. The first-order valence-electron chi connectivity index (χ1n) is 13.4. The third-order valence-electron chi connectivity index (χ3n) is 7.83. The van der Waals surface area contributed by atoms with Crippen LogP contribution in [0.2, 0.25) is 0 Å². The summed E-state index contributed by atoms with van der Waals surface area (Å²) in [5.74, 6) is 1.54. The Hall–Kier alpha value is -3.35. The fourth-order valence-corrected chi connectivity index (χ4v) is 5.63. The third-order valence-corrected chi connectivity index (χ3v) is 7.83. The van der Waals surface area contributed by atoms with Crippen LogP contribution in [-0.2, 0) is 24.7 Å². The zero-order valence-corrected chi connectivity index (χ0v) is 21.9. The lowest BCUT2D eigenvalue weighted by Crippen LogP contribution is -2.39. The van der Waals surface area contributed by atoms with Gasteiger partial charge in [0.25, 0.3) is 0 Å². The number of fused-ring (bicyclic) bond motifs is 1. The van der Waals surface area contributed by atoms with Crippen LogP contribution in [0.5, 0.6) is 11.5 Å². The van der Waals surface area contributed by atoms with Crippen molar-refractivity contribution in [2.75, 3.05) is 0 Å². The van der Waals surface area contributed by atoms with Gasteiger partial charge in [0.2, 0.25) is 5.91 Å². The van der Waals surface area contributed by atoms with Crippen LogP contribution in [0.1, 0.15) is 72.7 Å². The van der Waals surface area contributed by atoms with Crippen LogP contribution in [-0.4, -0.2) is 27.8 Å². The first kappa shape index (κ1) is 25.3. The molecule has 7 heteroatoms. The molecule has 6 nitrogen and oxygen atoms in total. The first-order valence-corrected chi connectivity index (χ1v) is 13.4. The molecule has 0 saturated heterocycles. The molecule has 37 heavy (non-hydrogen) atoms. The van der Waals surface area contributed by atoms with E-state index in [9.17, 15) is 9.18 Å². The number of benzene rings is 2. The van der Waals surface area contributed by atoms with Crippen molar-refractivity contribution in [3.8, 4) is 11.5 Å². The van der Waals surface area contributed by atoms with E-state index < -0.39 is 0 Å². The summed E-state index contributed by atoms with van der Waals surface area (Å²) < 4.78 is 28.5. The number of halogens is 1. The number of hydrogen-bond acceptors (Lipinski definition) is 4. The molecule has 1 fully saturated rings. The van der Waals surface area contributed by atoms with Crippen molar-refractivity contribution in [2.24, 2.45) is 7.05 Å². The number of carbonyl (C=O) groups is 1. The summed E-state index contributed by atoms with van der Waals surface area (Å²) in [5, 5.41) is 7.66. The van der Waals surface area contributed by atoms with Gasteiger partial charge in [-0.05, 0) is 94.2 Å². The summed E-state index contributed by atoms with van der Waals surface area (Å²) in [6.45, 7) is 4.05. The number of carbonyl (C=O) groups excluding carboxylic acids is 1. The lowest BCUT2D eigenvalue weighted by Gasteiger charge is -2.30. The van der Waals surface area contributed by atoms with Crippen molar-refractivity contribution in [2.45, 2.75) is 83.5 Å². The summed E-state index contributed by atoms with van der Waals surface area (Å²) in [4.78, 5) is 12.6. The molecule has 0 radical (unpaired) electrons. The summed E-state index contributed by atoms with van der Waals surface area (Å²) in [5.41, 5.74) is 5.02. The monoisotopic (exact) mass is 505 g/mol. The average Bonchev–Trinajstić information content (AvgIpc) is 3.14. The van der Waals surface area contributed by atoms with Gasteiger partial charge in [0, 0.05) is 30.8 Å². The van der Waals surface area contributed by atoms with Gasteiger partial charge in [-0.25, -0.2) is 4.39 Å². The fraction of sp³-hybridized carbons (Fsp3) is 0.467. The Balaban J connectivity index is 1.08. The van der Waals surface area contributed by atoms with E-state index in [2.05, 4.69) is 16.5 Å². The maximum atomic E-state index is 14.2. The molecule has 1 aliphatic carbocycles. The summed E-state index contributed by atoms with van der Waals surface area (Å²) >= 11 is 0. The highest BCUT2D eigenvalue weighted by Crippen LogP contribution is 2.38. The number of aryl methyl sites for hydroxylation is 3. The number of aromatic nitrogens is 2. The van der Waals surface area contributed by atoms with Gasteiger partial charge >= 0.3 is 0 Å². The highest BCUT2D eigenvalue weighted by atomic mass is 19.1. The van der Waals surface area contributed by atoms with E-state index in [-0.39, 0.29) is 30.0 Å². The zero-order valence-electron chi connectivity index (χ0n) is 21.9. The van der Waals surface area contributed by atoms with Crippen LogP contribution in [0.25, 0.3) is 0 Å². The molecule has 5 rings (SSSR count). The molecule has 1 unspecified atom stereocenters. The standard InChI is InChI=1S/C30H36FN3O3/c1-19-25(20(2)34(3)33-19)14-17-30(35)32-22-9-11-23(12-10-22)36-24-13-16-28-21(18-24)8-15-29(37-28)26-6-4-5-7-27(26)31/h4-7,13,16,18,22-23,29H,8-12,14-15,17H2,1-3H3,(H,32,35). The second kappa shape index (κ2) is 11.0. The van der Waals surface area contributed by atoms with E-state index in [0.29, 0.717) is 12.0 Å². The minimum atomic E-state index is -0.261. The van der Waals surface area contributed by atoms with Crippen molar-refractivity contribution >= 4 is 5.91 Å². The number of amides is 1. The Kier molecular flexibility index (Phi) is 7.49. The molecule has 2 aliphatic rings. The smallest absolute Gasteiger partial charge is 0.220 e. The largest absolute Gasteiger partial charge is 0.490 e. The Bertz CT molecular complexity index is 1260. The predicted octanol–water partition coefficient (Wildman–Crippen LogP) is 5.68. The van der Waals surface area contributed by atoms with Crippen molar-refractivity contribution in [1.29, 1.82) is 0 Å². The second-order valence-electron chi connectivity index (χ2n) is 10.4. The number of ether oxygens (including phenoxy) is 2. The van der Waals surface area contributed by atoms with E-state index in [0.717, 1.165) is 73.4 Å². The van der Waals surface area contributed by atoms with Gasteiger partial charge in [0.05, 0.1) is 11.8 Å². The summed E-state index contributed by atoms with van der Waals surface area (Å²) in [7, 11) is 1.94. The van der Waals surface area contributed by atoms with Gasteiger partial charge in [-0.2, -0.15) is 5.10 Å². The average molecular weight is 506 g/mol. The van der Waals surface area contributed by atoms with Crippen LogP contribution in [0, 0.1) is 19.7 Å². The minimum Gasteiger partial charge on any atom is -0.490 e. The molecule has 1 atom stereocenters. The molecule has 1 aromatic heterocycles. The lowest BCUT2D eigenvalue weighted by atomic mass is 9.92. The molecule has 1 aliphatic heterocycles. The van der Waals surface area contributed by atoms with Gasteiger partial charge in [0.15, 0.2) is 0 Å². The molecule has 2 aromatic carbocycles. The quantitative estimate of drug-likeness (QED) is 0.449. The van der Waals surface area contributed by atoms with Crippen LogP contribution in [0.15, 0.2) is 42.5 Å². The Morgan fingerprint density at radius 1 is 1.14 bits per heavy atom. The number of hydrogen-bond donors (Lipinski definition) is 1. The maximum Gasteiger partial charge on any atom is 0.220 e. The molecule has 0 bridgehead atoms. The maximum absolute atomic E-state index is 14.2. The van der Waals surface area contributed by atoms with Gasteiger partial charge in [0.1, 0.15) is 23.4 Å². The number of nitrogens with one attached hydrogen (secondary N) is 1. The molecule has 2 heterocycles. The molecule has 1 amide bonds. The summed E-state index contributed by atoms with van der Waals surface area (Å²) in [6, 6.07) is 13.0. The predicted molar refractivity (Wildman–Crippen MR) is 140 cm³/mol. The van der Waals surface area contributed by atoms with E-state index in [1.54, 1.807) is 12.1 Å². The van der Waals surface area contributed by atoms with Crippen LogP contribution in [0.4, 0.5) is 4.39 Å². The van der Waals surface area contributed by atoms with Crippen LogP contribution in [0.3, 0.4) is 0 Å². The molecular weight excluding hydrogens is 469 g/mol.